The Labute approximate surface area is 102 Å². The molecule has 0 radical (unpaired) electrons. The van der Waals surface area contributed by atoms with Gasteiger partial charge in [-0.3, -0.25) is 4.79 Å². The van der Waals surface area contributed by atoms with Crippen molar-refractivity contribution in [3.8, 4) is 0 Å². The van der Waals surface area contributed by atoms with Gasteiger partial charge in [0.15, 0.2) is 0 Å². The molecule has 0 aliphatic rings. The summed E-state index contributed by atoms with van der Waals surface area (Å²) in [6.45, 7) is 0. The molecule has 0 aliphatic carbocycles. The Kier molecular flexibility index (Phi) is 5.32. The van der Waals surface area contributed by atoms with Crippen LogP contribution in [0.25, 0.3) is 0 Å². The third-order valence-corrected chi connectivity index (χ3v) is 3.42. The number of carbonyl (C=O) groups is 1. The van der Waals surface area contributed by atoms with Gasteiger partial charge in [-0.15, -0.1) is 11.8 Å². The lowest BCUT2D eigenvalue weighted by Crippen LogP contribution is -2.19. The summed E-state index contributed by atoms with van der Waals surface area (Å²) in [6.07, 6.45) is 0. The van der Waals surface area contributed by atoms with Crippen molar-refractivity contribution >= 4 is 40.3 Å². The molecule has 0 atom stereocenters. The molecule has 1 aromatic rings. The molecule has 1 N–H and O–H groups in total. The molecule has 0 bridgehead atoms. The Morgan fingerprint density at radius 3 is 2.64 bits per heavy atom. The van der Waals surface area contributed by atoms with Gasteiger partial charge in [0, 0.05) is 16.4 Å². The number of hydrogen-bond donors (Lipinski definition) is 1. The molecule has 76 valence electrons. The zero-order chi connectivity index (χ0) is 10.4. The maximum Gasteiger partial charge on any atom is 0.229 e. The van der Waals surface area contributed by atoms with Gasteiger partial charge in [0.2, 0.25) is 5.91 Å². The summed E-state index contributed by atoms with van der Waals surface area (Å²) in [5, 5.41) is 2.60. The number of halogens is 1. The van der Waals surface area contributed by atoms with E-state index >= 15 is 0 Å². The Balaban J connectivity index is 2.31. The molecule has 0 fully saturated rings. The van der Waals surface area contributed by atoms with E-state index in [0.29, 0.717) is 5.75 Å². The first-order chi connectivity index (χ1) is 6.72. The van der Waals surface area contributed by atoms with Crippen LogP contribution in [0.3, 0.4) is 0 Å². The fourth-order valence-electron chi connectivity index (χ4n) is 0.914. The Morgan fingerprint density at radius 2 is 2.07 bits per heavy atom. The van der Waals surface area contributed by atoms with Crippen LogP contribution in [-0.2, 0) is 10.5 Å². The summed E-state index contributed by atoms with van der Waals surface area (Å²) in [5.74, 6) is 1.51. The van der Waals surface area contributed by atoms with Crippen molar-refractivity contribution in [3.05, 3.63) is 33.4 Å². The lowest BCUT2D eigenvalue weighted by molar-refractivity contribution is -0.118. The normalized spacial score (nSPS) is 9.86. The van der Waals surface area contributed by atoms with E-state index in [1.807, 2.05) is 0 Å². The predicted molar refractivity (Wildman–Crippen MR) is 69.4 cm³/mol. The van der Waals surface area contributed by atoms with Crippen molar-refractivity contribution in [2.45, 2.75) is 5.75 Å². The van der Waals surface area contributed by atoms with E-state index in [0.717, 1.165) is 5.75 Å². The molecule has 0 heterocycles. The second kappa shape index (κ2) is 6.29. The molecule has 4 heteroatoms. The van der Waals surface area contributed by atoms with Crippen molar-refractivity contribution in [2.75, 3.05) is 12.8 Å². The Bertz CT molecular complexity index is 299. The fraction of sp³-hybridized carbons (Fsp3) is 0.300. The van der Waals surface area contributed by atoms with Crippen molar-refractivity contribution in [1.29, 1.82) is 0 Å². The molecule has 1 aromatic carbocycles. The quantitative estimate of drug-likeness (QED) is 0.862. The van der Waals surface area contributed by atoms with Gasteiger partial charge in [-0.2, -0.15) is 0 Å². The van der Waals surface area contributed by atoms with Gasteiger partial charge in [0.1, 0.15) is 0 Å². The lowest BCUT2D eigenvalue weighted by atomic mass is 10.2. The fourth-order valence-corrected chi connectivity index (χ4v) is 2.13. The topological polar surface area (TPSA) is 29.1 Å². The summed E-state index contributed by atoms with van der Waals surface area (Å²) >= 11 is 3.91. The molecule has 0 saturated carbocycles. The van der Waals surface area contributed by atoms with Crippen LogP contribution >= 0.6 is 34.4 Å². The zero-order valence-electron chi connectivity index (χ0n) is 7.92. The molecule has 0 aliphatic heterocycles. The summed E-state index contributed by atoms with van der Waals surface area (Å²) in [6, 6.07) is 8.35. The number of carbonyl (C=O) groups excluding carboxylic acids is 1. The number of hydrogen-bond acceptors (Lipinski definition) is 2. The molecule has 0 unspecified atom stereocenters. The number of amides is 1. The molecule has 0 spiro atoms. The van der Waals surface area contributed by atoms with Crippen molar-refractivity contribution in [2.24, 2.45) is 0 Å². The first kappa shape index (κ1) is 11.8. The minimum atomic E-state index is 0.0838. The second-order valence-electron chi connectivity index (χ2n) is 2.79. The molecule has 14 heavy (non-hydrogen) atoms. The Hall–Kier alpha value is -0.230. The summed E-state index contributed by atoms with van der Waals surface area (Å²) in [7, 11) is 1.66. The van der Waals surface area contributed by atoms with Crippen LogP contribution in [0.1, 0.15) is 5.56 Å². The highest BCUT2D eigenvalue weighted by Crippen LogP contribution is 2.13. The summed E-state index contributed by atoms with van der Waals surface area (Å²) in [4.78, 5) is 10.9. The summed E-state index contributed by atoms with van der Waals surface area (Å²) < 4.78 is 1.24. The third kappa shape index (κ3) is 4.32. The average Bonchev–Trinajstić information content (AvgIpc) is 2.21. The van der Waals surface area contributed by atoms with E-state index in [2.05, 4.69) is 52.2 Å². The van der Waals surface area contributed by atoms with Gasteiger partial charge in [-0.25, -0.2) is 0 Å². The van der Waals surface area contributed by atoms with Crippen LogP contribution < -0.4 is 5.32 Å². The van der Waals surface area contributed by atoms with Gasteiger partial charge in [-0.1, -0.05) is 12.1 Å². The molecular weight excluding hydrogens is 309 g/mol. The minimum absolute atomic E-state index is 0.0838. The number of thioether (sulfide) groups is 1. The van der Waals surface area contributed by atoms with Gasteiger partial charge < -0.3 is 5.32 Å². The van der Waals surface area contributed by atoms with Crippen molar-refractivity contribution in [3.63, 3.8) is 0 Å². The molecule has 1 amide bonds. The van der Waals surface area contributed by atoms with Gasteiger partial charge in [-0.05, 0) is 40.3 Å². The van der Waals surface area contributed by atoms with Crippen LogP contribution in [-0.4, -0.2) is 18.7 Å². The van der Waals surface area contributed by atoms with Gasteiger partial charge >= 0.3 is 0 Å². The largest absolute Gasteiger partial charge is 0.358 e. The minimum Gasteiger partial charge on any atom is -0.358 e. The molecule has 0 saturated heterocycles. The molecular formula is C10H12INOS. The number of rotatable bonds is 4. The SMILES string of the molecule is CNC(=O)CSCc1ccc(I)cc1. The van der Waals surface area contributed by atoms with Crippen LogP contribution in [0, 0.1) is 3.57 Å². The molecule has 2 nitrogen and oxygen atoms in total. The monoisotopic (exact) mass is 321 g/mol. The van der Waals surface area contributed by atoms with E-state index in [1.54, 1.807) is 18.8 Å². The van der Waals surface area contributed by atoms with Crippen molar-refractivity contribution < 1.29 is 4.79 Å². The van der Waals surface area contributed by atoms with E-state index in [1.165, 1.54) is 9.13 Å². The van der Waals surface area contributed by atoms with E-state index in [9.17, 15) is 4.79 Å². The maximum atomic E-state index is 10.9. The smallest absolute Gasteiger partial charge is 0.229 e. The first-order valence-electron chi connectivity index (χ1n) is 4.25. The lowest BCUT2D eigenvalue weighted by Gasteiger charge is -2.01. The highest BCUT2D eigenvalue weighted by atomic mass is 127. The van der Waals surface area contributed by atoms with Crippen LogP contribution in [0.15, 0.2) is 24.3 Å². The van der Waals surface area contributed by atoms with E-state index < -0.39 is 0 Å². The molecule has 0 aromatic heterocycles. The standard InChI is InChI=1S/C10H12INOS/c1-12-10(13)7-14-6-8-2-4-9(11)5-3-8/h2-5H,6-7H2,1H3,(H,12,13). The number of nitrogens with one attached hydrogen (secondary N) is 1. The van der Waals surface area contributed by atoms with E-state index in [4.69, 9.17) is 0 Å². The average molecular weight is 321 g/mol. The van der Waals surface area contributed by atoms with Crippen molar-refractivity contribution in [1.82, 2.24) is 5.32 Å². The highest BCUT2D eigenvalue weighted by molar-refractivity contribution is 14.1. The third-order valence-electron chi connectivity index (χ3n) is 1.69. The van der Waals surface area contributed by atoms with Crippen LogP contribution in [0.4, 0.5) is 0 Å². The van der Waals surface area contributed by atoms with Crippen LogP contribution in [0.2, 0.25) is 0 Å². The maximum absolute atomic E-state index is 10.9. The Morgan fingerprint density at radius 1 is 1.43 bits per heavy atom. The second-order valence-corrected chi connectivity index (χ2v) is 5.02. The van der Waals surface area contributed by atoms with Gasteiger partial charge in [0.05, 0.1) is 5.75 Å². The molecule has 1 rings (SSSR count). The number of benzene rings is 1. The van der Waals surface area contributed by atoms with Crippen LogP contribution in [0.5, 0.6) is 0 Å². The zero-order valence-corrected chi connectivity index (χ0v) is 10.9. The first-order valence-corrected chi connectivity index (χ1v) is 6.48. The van der Waals surface area contributed by atoms with E-state index in [-0.39, 0.29) is 5.91 Å². The van der Waals surface area contributed by atoms with Gasteiger partial charge in [0.25, 0.3) is 0 Å². The predicted octanol–water partition coefficient (Wildman–Crippen LogP) is 2.27. The summed E-state index contributed by atoms with van der Waals surface area (Å²) in [5.41, 5.74) is 1.26. The highest BCUT2D eigenvalue weighted by Gasteiger charge is 1.98.